The third kappa shape index (κ3) is 4.47. The van der Waals surface area contributed by atoms with Crippen LogP contribution < -0.4 is 10.1 Å². The van der Waals surface area contributed by atoms with E-state index in [0.29, 0.717) is 5.75 Å². The molecule has 1 aromatic rings. The van der Waals surface area contributed by atoms with E-state index in [1.807, 2.05) is 12.1 Å². The fraction of sp³-hybridized carbons (Fsp3) is 0.556. The van der Waals surface area contributed by atoms with Crippen LogP contribution in [-0.4, -0.2) is 31.1 Å². The molecule has 0 saturated heterocycles. The summed E-state index contributed by atoms with van der Waals surface area (Å²) in [6.07, 6.45) is 7.70. The number of fused-ring (bicyclic) bond motifs is 1. The molecular weight excluding hydrogens is 294 g/mol. The number of ether oxygens (including phenoxy) is 2. The molecular formula is C18H23NO4. The van der Waals surface area contributed by atoms with Gasteiger partial charge >= 0.3 is 5.97 Å². The molecule has 0 atom stereocenters. The van der Waals surface area contributed by atoms with Crippen LogP contribution in [0.3, 0.4) is 0 Å². The van der Waals surface area contributed by atoms with Crippen molar-refractivity contribution in [3.05, 3.63) is 29.3 Å². The smallest absolute Gasteiger partial charge is 0.344 e. The quantitative estimate of drug-likeness (QED) is 0.817. The maximum Gasteiger partial charge on any atom is 0.344 e. The molecule has 124 valence electrons. The number of aryl methyl sites for hydroxylation is 2. The number of nitrogens with one attached hydrogen (secondary N) is 1. The Labute approximate surface area is 136 Å². The topological polar surface area (TPSA) is 64.6 Å². The molecule has 0 heterocycles. The van der Waals surface area contributed by atoms with Crippen LogP contribution in [0.5, 0.6) is 5.75 Å². The van der Waals surface area contributed by atoms with Crippen molar-refractivity contribution < 1.29 is 19.1 Å². The van der Waals surface area contributed by atoms with Gasteiger partial charge in [-0.1, -0.05) is 18.9 Å². The van der Waals surface area contributed by atoms with E-state index in [1.165, 1.54) is 17.5 Å². The summed E-state index contributed by atoms with van der Waals surface area (Å²) in [6.45, 7) is -0.404. The first-order chi connectivity index (χ1) is 11.2. The first-order valence-electron chi connectivity index (χ1n) is 8.40. The van der Waals surface area contributed by atoms with Crippen molar-refractivity contribution in [2.45, 2.75) is 51.0 Å². The first-order valence-corrected chi connectivity index (χ1v) is 8.40. The number of carbonyl (C=O) groups excluding carboxylic acids is 2. The number of esters is 1. The lowest BCUT2D eigenvalue weighted by Crippen LogP contribution is -2.36. The monoisotopic (exact) mass is 317 g/mol. The number of hydrogen-bond donors (Lipinski definition) is 1. The minimum atomic E-state index is -0.521. The molecule has 0 radical (unpaired) electrons. The number of amides is 1. The average molecular weight is 317 g/mol. The van der Waals surface area contributed by atoms with E-state index in [2.05, 4.69) is 11.4 Å². The molecule has 2 aliphatic carbocycles. The first kappa shape index (κ1) is 15.8. The molecule has 0 bridgehead atoms. The van der Waals surface area contributed by atoms with Gasteiger partial charge in [-0.25, -0.2) is 4.79 Å². The van der Waals surface area contributed by atoms with E-state index in [-0.39, 0.29) is 25.2 Å². The van der Waals surface area contributed by atoms with Gasteiger partial charge in [-0.2, -0.15) is 0 Å². The zero-order valence-electron chi connectivity index (χ0n) is 13.3. The van der Waals surface area contributed by atoms with Crippen LogP contribution >= 0.6 is 0 Å². The van der Waals surface area contributed by atoms with Crippen LogP contribution in [0.1, 0.15) is 43.2 Å². The predicted molar refractivity (Wildman–Crippen MR) is 85.3 cm³/mol. The average Bonchev–Trinajstić information content (AvgIpc) is 3.21. The molecule has 5 nitrogen and oxygen atoms in total. The largest absolute Gasteiger partial charge is 0.482 e. The molecule has 5 heteroatoms. The van der Waals surface area contributed by atoms with Crippen LogP contribution in [-0.2, 0) is 27.2 Å². The van der Waals surface area contributed by atoms with E-state index >= 15 is 0 Å². The Morgan fingerprint density at radius 2 is 1.83 bits per heavy atom. The molecule has 1 amide bonds. The molecule has 0 aromatic heterocycles. The maximum absolute atomic E-state index is 11.7. The van der Waals surface area contributed by atoms with Crippen LogP contribution in [0.4, 0.5) is 0 Å². The fourth-order valence-corrected chi connectivity index (χ4v) is 3.31. The van der Waals surface area contributed by atoms with Gasteiger partial charge < -0.3 is 14.8 Å². The van der Waals surface area contributed by atoms with Gasteiger partial charge in [0.2, 0.25) is 0 Å². The molecule has 0 aliphatic heterocycles. The number of carbonyl (C=O) groups is 2. The second kappa shape index (κ2) is 7.49. The molecule has 23 heavy (non-hydrogen) atoms. The summed E-state index contributed by atoms with van der Waals surface area (Å²) < 4.78 is 10.4. The van der Waals surface area contributed by atoms with Crippen molar-refractivity contribution in [2.75, 3.05) is 13.2 Å². The Morgan fingerprint density at radius 3 is 2.65 bits per heavy atom. The van der Waals surface area contributed by atoms with Crippen LogP contribution in [0.2, 0.25) is 0 Å². The molecule has 1 N–H and O–H groups in total. The Hall–Kier alpha value is -2.04. The zero-order chi connectivity index (χ0) is 16.1. The van der Waals surface area contributed by atoms with E-state index in [1.54, 1.807) is 0 Å². The second-order valence-corrected chi connectivity index (χ2v) is 6.28. The highest BCUT2D eigenvalue weighted by Gasteiger charge is 2.18. The van der Waals surface area contributed by atoms with Gasteiger partial charge in [0.25, 0.3) is 5.91 Å². The van der Waals surface area contributed by atoms with E-state index in [9.17, 15) is 9.59 Å². The van der Waals surface area contributed by atoms with Crippen molar-refractivity contribution in [3.63, 3.8) is 0 Å². The third-order valence-corrected chi connectivity index (χ3v) is 4.51. The van der Waals surface area contributed by atoms with Crippen molar-refractivity contribution in [1.29, 1.82) is 0 Å². The lowest BCUT2D eigenvalue weighted by Gasteiger charge is -2.12. The van der Waals surface area contributed by atoms with Gasteiger partial charge in [-0.3, -0.25) is 4.79 Å². The number of benzene rings is 1. The molecule has 1 saturated carbocycles. The van der Waals surface area contributed by atoms with Crippen molar-refractivity contribution in [2.24, 2.45) is 0 Å². The second-order valence-electron chi connectivity index (χ2n) is 6.28. The van der Waals surface area contributed by atoms with Crippen LogP contribution in [0, 0.1) is 0 Å². The standard InChI is InChI=1S/C18H23NO4/c20-17(19-15-6-1-2-7-15)11-23-18(21)12-22-16-9-8-13-4-3-5-14(13)10-16/h8-10,15H,1-7,11-12H2,(H,19,20). The molecule has 2 aliphatic rings. The summed E-state index contributed by atoms with van der Waals surface area (Å²) >= 11 is 0. The summed E-state index contributed by atoms with van der Waals surface area (Å²) in [5, 5.41) is 2.88. The normalized spacial score (nSPS) is 16.9. The molecule has 1 aromatic carbocycles. The minimum absolute atomic E-state index is 0.171. The SMILES string of the molecule is O=C(COC(=O)COc1ccc2c(c1)CCC2)NC1CCCC1. The van der Waals surface area contributed by atoms with Gasteiger partial charge in [0.05, 0.1) is 0 Å². The maximum atomic E-state index is 11.7. The summed E-state index contributed by atoms with van der Waals surface area (Å²) in [5.74, 6) is -0.0761. The molecule has 0 spiro atoms. The number of rotatable bonds is 6. The summed E-state index contributed by atoms with van der Waals surface area (Å²) in [4.78, 5) is 23.3. The van der Waals surface area contributed by atoms with Crippen LogP contribution in [0.15, 0.2) is 18.2 Å². The van der Waals surface area contributed by atoms with E-state index < -0.39 is 5.97 Å². The lowest BCUT2D eigenvalue weighted by molar-refractivity contribution is -0.150. The van der Waals surface area contributed by atoms with Gasteiger partial charge in [0.1, 0.15) is 5.75 Å². The Morgan fingerprint density at radius 1 is 1.04 bits per heavy atom. The Kier molecular flexibility index (Phi) is 5.16. The highest BCUT2D eigenvalue weighted by atomic mass is 16.6. The highest BCUT2D eigenvalue weighted by Crippen LogP contribution is 2.25. The zero-order valence-corrected chi connectivity index (χ0v) is 13.3. The van der Waals surface area contributed by atoms with Gasteiger partial charge in [0.15, 0.2) is 13.2 Å². The predicted octanol–water partition coefficient (Wildman–Crippen LogP) is 2.16. The highest BCUT2D eigenvalue weighted by molar-refractivity contribution is 5.81. The Bertz CT molecular complexity index is 578. The fourth-order valence-electron chi connectivity index (χ4n) is 3.31. The minimum Gasteiger partial charge on any atom is -0.482 e. The van der Waals surface area contributed by atoms with Crippen molar-refractivity contribution in [3.8, 4) is 5.75 Å². The summed E-state index contributed by atoms with van der Waals surface area (Å²) in [7, 11) is 0. The van der Waals surface area contributed by atoms with E-state index in [0.717, 1.165) is 38.5 Å². The molecule has 3 rings (SSSR count). The lowest BCUT2D eigenvalue weighted by atomic mass is 10.1. The van der Waals surface area contributed by atoms with Crippen molar-refractivity contribution in [1.82, 2.24) is 5.32 Å². The third-order valence-electron chi connectivity index (χ3n) is 4.51. The van der Waals surface area contributed by atoms with Gasteiger partial charge in [-0.05, 0) is 55.4 Å². The number of hydrogen-bond acceptors (Lipinski definition) is 4. The van der Waals surface area contributed by atoms with E-state index in [4.69, 9.17) is 9.47 Å². The Balaban J connectivity index is 1.37. The molecule has 0 unspecified atom stereocenters. The summed E-state index contributed by atoms with van der Waals surface area (Å²) in [5.41, 5.74) is 2.66. The van der Waals surface area contributed by atoms with Gasteiger partial charge in [0, 0.05) is 6.04 Å². The van der Waals surface area contributed by atoms with Gasteiger partial charge in [-0.15, -0.1) is 0 Å². The van der Waals surface area contributed by atoms with Crippen molar-refractivity contribution >= 4 is 11.9 Å². The molecule has 1 fully saturated rings. The summed E-state index contributed by atoms with van der Waals surface area (Å²) in [6, 6.07) is 6.16. The van der Waals surface area contributed by atoms with Crippen LogP contribution in [0.25, 0.3) is 0 Å².